The molecule has 4 nitrogen and oxygen atoms in total. The van der Waals surface area contributed by atoms with Crippen LogP contribution in [0.1, 0.15) is 18.4 Å². The second-order valence-electron chi connectivity index (χ2n) is 5.66. The number of halogens is 1. The fourth-order valence-corrected chi connectivity index (χ4v) is 3.06. The predicted octanol–water partition coefficient (Wildman–Crippen LogP) is 4.60. The molecule has 5 heteroatoms. The first-order chi connectivity index (χ1) is 11.7. The second kappa shape index (κ2) is 7.32. The Hall–Kier alpha value is -2.59. The second-order valence-corrected chi connectivity index (χ2v) is 6.09. The Labute approximate surface area is 145 Å². The van der Waals surface area contributed by atoms with Gasteiger partial charge >= 0.3 is 0 Å². The molecule has 0 aliphatic heterocycles. The Kier molecular flexibility index (Phi) is 4.96. The number of allylic oxidation sites excluding steroid dienone is 1. The number of hydrogen-bond donors (Lipinski definition) is 2. The number of rotatable bonds is 3. The molecule has 1 fully saturated rings. The number of nitrogens with zero attached hydrogens (tertiary/aromatic N) is 1. The van der Waals surface area contributed by atoms with Gasteiger partial charge in [0.1, 0.15) is 0 Å². The zero-order chi connectivity index (χ0) is 16.9. The molecule has 1 atom stereocenters. The number of amides is 1. The maximum Gasteiger partial charge on any atom is 0.233 e. The number of benzene rings is 2. The van der Waals surface area contributed by atoms with Gasteiger partial charge in [-0.05, 0) is 48.3 Å². The molecule has 3 rings (SSSR count). The monoisotopic (exact) mass is 340 g/mol. The lowest BCUT2D eigenvalue weighted by atomic mass is 10.0. The van der Waals surface area contributed by atoms with Gasteiger partial charge in [-0.2, -0.15) is 0 Å². The van der Waals surface area contributed by atoms with E-state index in [1.54, 1.807) is 24.3 Å². The summed E-state index contributed by atoms with van der Waals surface area (Å²) < 4.78 is 0. The number of carbonyl (C=O) groups excluding carboxylic acids is 1. The molecule has 0 saturated heterocycles. The molecule has 122 valence electrons. The van der Waals surface area contributed by atoms with Crippen LogP contribution in [0.5, 0.6) is 0 Å². The molecule has 2 aromatic carbocycles. The van der Waals surface area contributed by atoms with E-state index < -0.39 is 5.92 Å². The van der Waals surface area contributed by atoms with Crippen LogP contribution in [-0.4, -0.2) is 16.8 Å². The van der Waals surface area contributed by atoms with E-state index in [9.17, 15) is 10.0 Å². The molecule has 1 aliphatic rings. The summed E-state index contributed by atoms with van der Waals surface area (Å²) in [6.07, 6.45) is 3.27. The molecule has 2 N–H and O–H groups in total. The third kappa shape index (κ3) is 3.66. The number of nitrogens with one attached hydrogen (secondary N) is 1. The number of carbonyl (C=O) groups is 1. The van der Waals surface area contributed by atoms with Crippen LogP contribution in [0, 0.1) is 5.92 Å². The van der Waals surface area contributed by atoms with Crippen molar-refractivity contribution in [3.63, 3.8) is 0 Å². The molecule has 0 heterocycles. The first-order valence-electron chi connectivity index (χ1n) is 7.72. The molecule has 0 spiro atoms. The highest BCUT2D eigenvalue weighted by Gasteiger charge is 2.33. The average Bonchev–Trinajstić information content (AvgIpc) is 2.98. The minimum Gasteiger partial charge on any atom is -0.411 e. The molecule has 1 amide bonds. The van der Waals surface area contributed by atoms with Crippen LogP contribution in [0.2, 0.25) is 5.02 Å². The van der Waals surface area contributed by atoms with Gasteiger partial charge in [-0.15, -0.1) is 0 Å². The Morgan fingerprint density at radius 1 is 1.21 bits per heavy atom. The normalized spacial score (nSPS) is 20.5. The Morgan fingerprint density at radius 3 is 2.71 bits per heavy atom. The van der Waals surface area contributed by atoms with Gasteiger partial charge < -0.3 is 10.5 Å². The van der Waals surface area contributed by atoms with E-state index in [1.165, 1.54) is 0 Å². The summed E-state index contributed by atoms with van der Waals surface area (Å²) in [5.74, 6) is -0.662. The lowest BCUT2D eigenvalue weighted by Crippen LogP contribution is -2.26. The summed E-state index contributed by atoms with van der Waals surface area (Å²) in [4.78, 5) is 12.5. The van der Waals surface area contributed by atoms with Gasteiger partial charge in [0.25, 0.3) is 0 Å². The van der Waals surface area contributed by atoms with Crippen LogP contribution < -0.4 is 5.32 Å². The molecule has 24 heavy (non-hydrogen) atoms. The number of oxime groups is 1. The standard InChI is InChI=1S/C19H17ClN2O2/c20-15-7-4-8-16(12-15)21-19(23)17-10-9-14(18(17)22-24)11-13-5-2-1-3-6-13/h1-8,11-12,17,24H,9-10H2,(H,21,23). The van der Waals surface area contributed by atoms with Crippen LogP contribution >= 0.6 is 11.6 Å². The largest absolute Gasteiger partial charge is 0.411 e. The van der Waals surface area contributed by atoms with Crippen LogP contribution in [0.25, 0.3) is 6.08 Å². The molecule has 2 aromatic rings. The molecule has 0 bridgehead atoms. The van der Waals surface area contributed by atoms with Gasteiger partial charge in [-0.1, -0.05) is 53.2 Å². The zero-order valence-electron chi connectivity index (χ0n) is 12.9. The van der Waals surface area contributed by atoms with Crippen molar-refractivity contribution < 1.29 is 10.0 Å². The van der Waals surface area contributed by atoms with Crippen LogP contribution in [-0.2, 0) is 4.79 Å². The predicted molar refractivity (Wildman–Crippen MR) is 96.4 cm³/mol. The fraction of sp³-hybridized carbons (Fsp3) is 0.158. The third-order valence-electron chi connectivity index (χ3n) is 4.02. The molecule has 0 aromatic heterocycles. The van der Waals surface area contributed by atoms with Crippen LogP contribution in [0.15, 0.2) is 65.3 Å². The van der Waals surface area contributed by atoms with Gasteiger partial charge in [-0.3, -0.25) is 4.79 Å². The smallest absolute Gasteiger partial charge is 0.233 e. The topological polar surface area (TPSA) is 61.7 Å². The van der Waals surface area contributed by atoms with Crippen molar-refractivity contribution in [2.75, 3.05) is 5.32 Å². The van der Waals surface area contributed by atoms with Crippen molar-refractivity contribution >= 4 is 35.0 Å². The summed E-state index contributed by atoms with van der Waals surface area (Å²) in [7, 11) is 0. The minimum atomic E-state index is -0.469. The van der Waals surface area contributed by atoms with Gasteiger partial charge in [0.05, 0.1) is 11.6 Å². The maximum atomic E-state index is 12.5. The Balaban J connectivity index is 1.77. The van der Waals surface area contributed by atoms with Gasteiger partial charge in [0.15, 0.2) is 0 Å². The lowest BCUT2D eigenvalue weighted by Gasteiger charge is -2.11. The summed E-state index contributed by atoms with van der Waals surface area (Å²) >= 11 is 5.93. The van der Waals surface area contributed by atoms with Crippen molar-refractivity contribution in [1.82, 2.24) is 0 Å². The molecule has 1 unspecified atom stereocenters. The first-order valence-corrected chi connectivity index (χ1v) is 8.09. The van der Waals surface area contributed by atoms with E-state index in [-0.39, 0.29) is 5.91 Å². The quantitative estimate of drug-likeness (QED) is 0.633. The van der Waals surface area contributed by atoms with Crippen molar-refractivity contribution in [1.29, 1.82) is 0 Å². The SMILES string of the molecule is O=C(Nc1cccc(Cl)c1)C1CCC(=Cc2ccccc2)C1=NO. The first kappa shape index (κ1) is 16.3. The molecule has 1 aliphatic carbocycles. The van der Waals surface area contributed by atoms with Crippen LogP contribution in [0.3, 0.4) is 0 Å². The van der Waals surface area contributed by atoms with E-state index in [4.69, 9.17) is 11.6 Å². The zero-order valence-corrected chi connectivity index (χ0v) is 13.7. The molecule has 1 saturated carbocycles. The van der Waals surface area contributed by atoms with Gasteiger partial charge in [-0.25, -0.2) is 0 Å². The Bertz CT molecular complexity index is 800. The van der Waals surface area contributed by atoms with Gasteiger partial charge in [0.2, 0.25) is 5.91 Å². The van der Waals surface area contributed by atoms with Crippen molar-refractivity contribution in [3.05, 3.63) is 70.8 Å². The molecular formula is C19H17ClN2O2. The number of hydrogen-bond acceptors (Lipinski definition) is 3. The van der Waals surface area contributed by atoms with E-state index in [1.807, 2.05) is 36.4 Å². The van der Waals surface area contributed by atoms with E-state index in [0.717, 1.165) is 11.1 Å². The van der Waals surface area contributed by atoms with E-state index in [2.05, 4.69) is 10.5 Å². The highest BCUT2D eigenvalue weighted by Crippen LogP contribution is 2.30. The molecule has 0 radical (unpaired) electrons. The lowest BCUT2D eigenvalue weighted by molar-refractivity contribution is -0.118. The highest BCUT2D eigenvalue weighted by molar-refractivity contribution is 6.31. The average molecular weight is 341 g/mol. The van der Waals surface area contributed by atoms with Crippen molar-refractivity contribution in [3.8, 4) is 0 Å². The third-order valence-corrected chi connectivity index (χ3v) is 4.25. The molecular weight excluding hydrogens is 324 g/mol. The van der Waals surface area contributed by atoms with E-state index >= 15 is 0 Å². The van der Waals surface area contributed by atoms with Crippen molar-refractivity contribution in [2.45, 2.75) is 12.8 Å². The van der Waals surface area contributed by atoms with Crippen LogP contribution in [0.4, 0.5) is 5.69 Å². The number of anilines is 1. The fourth-order valence-electron chi connectivity index (χ4n) is 2.87. The maximum absolute atomic E-state index is 12.5. The summed E-state index contributed by atoms with van der Waals surface area (Å²) in [5.41, 5.74) is 2.96. The summed E-state index contributed by atoms with van der Waals surface area (Å²) in [5, 5.41) is 16.2. The highest BCUT2D eigenvalue weighted by atomic mass is 35.5. The summed E-state index contributed by atoms with van der Waals surface area (Å²) in [6.45, 7) is 0. The van der Waals surface area contributed by atoms with Crippen molar-refractivity contribution in [2.24, 2.45) is 11.1 Å². The van der Waals surface area contributed by atoms with E-state index in [0.29, 0.717) is 29.3 Å². The summed E-state index contributed by atoms with van der Waals surface area (Å²) in [6, 6.07) is 16.8. The minimum absolute atomic E-state index is 0.193. The van der Waals surface area contributed by atoms with Gasteiger partial charge in [0, 0.05) is 10.7 Å². The Morgan fingerprint density at radius 2 is 2.00 bits per heavy atom.